The van der Waals surface area contributed by atoms with Crippen molar-refractivity contribution in [1.29, 1.82) is 0 Å². The first-order valence-corrected chi connectivity index (χ1v) is 5.71. The number of aldehydes is 1. The van der Waals surface area contributed by atoms with Crippen LogP contribution in [0.5, 0.6) is 0 Å². The van der Waals surface area contributed by atoms with E-state index in [2.05, 4.69) is 0 Å². The van der Waals surface area contributed by atoms with Crippen LogP contribution in [0.4, 0.5) is 0 Å². The molecule has 1 heterocycles. The molecule has 0 fully saturated rings. The van der Waals surface area contributed by atoms with Crippen molar-refractivity contribution in [2.45, 2.75) is 5.88 Å². The van der Waals surface area contributed by atoms with Crippen LogP contribution in [0.25, 0.3) is 10.1 Å². The standard InChI is InChI=1S/C10H6Cl2OS/c11-4-8-6(5-13)1-2-9-7(8)3-10(12)14-9/h1-3,5H,4H2. The molecule has 0 radical (unpaired) electrons. The molecule has 72 valence electrons. The number of carbonyl (C=O) groups excluding carboxylic acids is 1. The van der Waals surface area contributed by atoms with Crippen molar-refractivity contribution >= 4 is 50.9 Å². The molecule has 1 aromatic carbocycles. The zero-order valence-electron chi connectivity index (χ0n) is 7.09. The van der Waals surface area contributed by atoms with Gasteiger partial charge in [0.05, 0.1) is 4.34 Å². The van der Waals surface area contributed by atoms with Crippen LogP contribution < -0.4 is 0 Å². The highest BCUT2D eigenvalue weighted by Gasteiger charge is 2.08. The Morgan fingerprint density at radius 1 is 1.43 bits per heavy atom. The first-order chi connectivity index (χ1) is 6.76. The van der Waals surface area contributed by atoms with Crippen molar-refractivity contribution in [2.24, 2.45) is 0 Å². The summed E-state index contributed by atoms with van der Waals surface area (Å²) in [6, 6.07) is 5.53. The summed E-state index contributed by atoms with van der Waals surface area (Å²) in [5, 5.41) is 0.986. The van der Waals surface area contributed by atoms with Crippen LogP contribution in [0.15, 0.2) is 18.2 Å². The Balaban J connectivity index is 2.82. The largest absolute Gasteiger partial charge is 0.298 e. The number of halogens is 2. The quantitative estimate of drug-likeness (QED) is 0.574. The SMILES string of the molecule is O=Cc1ccc2sc(Cl)cc2c1CCl. The molecule has 14 heavy (non-hydrogen) atoms. The van der Waals surface area contributed by atoms with Gasteiger partial charge in [0, 0.05) is 16.1 Å². The van der Waals surface area contributed by atoms with Crippen LogP contribution >= 0.6 is 34.5 Å². The Morgan fingerprint density at radius 2 is 2.21 bits per heavy atom. The number of alkyl halides is 1. The van der Waals surface area contributed by atoms with E-state index in [1.165, 1.54) is 11.3 Å². The van der Waals surface area contributed by atoms with Gasteiger partial charge in [0.2, 0.25) is 0 Å². The maximum Gasteiger partial charge on any atom is 0.150 e. The Kier molecular flexibility index (Phi) is 2.77. The average molecular weight is 245 g/mol. The normalized spacial score (nSPS) is 10.7. The van der Waals surface area contributed by atoms with E-state index in [1.807, 2.05) is 12.1 Å². The lowest BCUT2D eigenvalue weighted by Gasteiger charge is -2.01. The van der Waals surface area contributed by atoms with Gasteiger partial charge in [-0.3, -0.25) is 4.79 Å². The molecular formula is C10H6Cl2OS. The Morgan fingerprint density at radius 3 is 2.86 bits per heavy atom. The number of hydrogen-bond acceptors (Lipinski definition) is 2. The van der Waals surface area contributed by atoms with Crippen LogP contribution in [0, 0.1) is 0 Å². The van der Waals surface area contributed by atoms with Crippen LogP contribution in [0.1, 0.15) is 15.9 Å². The zero-order chi connectivity index (χ0) is 10.1. The molecule has 0 N–H and O–H groups in total. The molecule has 0 aliphatic heterocycles. The second kappa shape index (κ2) is 3.89. The molecule has 0 spiro atoms. The Bertz CT molecular complexity index is 490. The highest BCUT2D eigenvalue weighted by molar-refractivity contribution is 7.22. The molecule has 1 aromatic heterocycles. The van der Waals surface area contributed by atoms with E-state index in [0.29, 0.717) is 11.4 Å². The van der Waals surface area contributed by atoms with Crippen LogP contribution in [0.2, 0.25) is 4.34 Å². The summed E-state index contributed by atoms with van der Waals surface area (Å²) in [6.45, 7) is 0. The fourth-order valence-corrected chi connectivity index (χ4v) is 2.89. The average Bonchev–Trinajstić information content (AvgIpc) is 2.56. The monoisotopic (exact) mass is 244 g/mol. The minimum Gasteiger partial charge on any atom is -0.298 e. The molecular weight excluding hydrogens is 239 g/mol. The molecule has 0 unspecified atom stereocenters. The molecule has 0 atom stereocenters. The third kappa shape index (κ3) is 1.54. The van der Waals surface area contributed by atoms with Crippen LogP contribution in [-0.4, -0.2) is 6.29 Å². The second-order valence-electron chi connectivity index (χ2n) is 2.85. The molecule has 2 aromatic rings. The molecule has 2 rings (SSSR count). The van der Waals surface area contributed by atoms with Gasteiger partial charge >= 0.3 is 0 Å². The zero-order valence-corrected chi connectivity index (χ0v) is 9.42. The van der Waals surface area contributed by atoms with Crippen molar-refractivity contribution in [2.75, 3.05) is 0 Å². The van der Waals surface area contributed by atoms with Gasteiger partial charge in [-0.1, -0.05) is 11.6 Å². The first kappa shape index (κ1) is 9.97. The number of thiophene rings is 1. The van der Waals surface area contributed by atoms with Gasteiger partial charge < -0.3 is 0 Å². The molecule has 0 aliphatic rings. The predicted molar refractivity (Wildman–Crippen MR) is 61.8 cm³/mol. The highest BCUT2D eigenvalue weighted by Crippen LogP contribution is 2.33. The van der Waals surface area contributed by atoms with Crippen molar-refractivity contribution in [1.82, 2.24) is 0 Å². The van der Waals surface area contributed by atoms with Crippen molar-refractivity contribution < 1.29 is 4.79 Å². The molecule has 4 heteroatoms. The van der Waals surface area contributed by atoms with Gasteiger partial charge in [0.1, 0.15) is 6.29 Å². The Hall–Kier alpha value is -0.570. The minimum atomic E-state index is 0.332. The maximum atomic E-state index is 10.7. The number of benzene rings is 1. The van der Waals surface area contributed by atoms with Gasteiger partial charge in [-0.15, -0.1) is 22.9 Å². The lowest BCUT2D eigenvalue weighted by Crippen LogP contribution is -1.88. The fourth-order valence-electron chi connectivity index (χ4n) is 1.41. The smallest absolute Gasteiger partial charge is 0.150 e. The summed E-state index contributed by atoms with van der Waals surface area (Å²) < 4.78 is 1.78. The summed E-state index contributed by atoms with van der Waals surface area (Å²) in [5.41, 5.74) is 1.50. The van der Waals surface area contributed by atoms with Crippen molar-refractivity contribution in [3.8, 4) is 0 Å². The van der Waals surface area contributed by atoms with Gasteiger partial charge in [0.25, 0.3) is 0 Å². The van der Waals surface area contributed by atoms with E-state index in [0.717, 1.165) is 26.3 Å². The first-order valence-electron chi connectivity index (χ1n) is 3.98. The van der Waals surface area contributed by atoms with Gasteiger partial charge in [0.15, 0.2) is 0 Å². The van der Waals surface area contributed by atoms with E-state index in [-0.39, 0.29) is 0 Å². The molecule has 1 nitrogen and oxygen atoms in total. The van der Waals surface area contributed by atoms with E-state index in [9.17, 15) is 4.79 Å². The van der Waals surface area contributed by atoms with E-state index in [1.54, 1.807) is 6.07 Å². The number of carbonyl (C=O) groups is 1. The summed E-state index contributed by atoms with van der Waals surface area (Å²) in [6.07, 6.45) is 0.822. The number of hydrogen-bond donors (Lipinski definition) is 0. The maximum absolute atomic E-state index is 10.7. The summed E-state index contributed by atoms with van der Waals surface area (Å²) in [5.74, 6) is 0.332. The highest BCUT2D eigenvalue weighted by atomic mass is 35.5. The van der Waals surface area contributed by atoms with Crippen molar-refractivity contribution in [3.63, 3.8) is 0 Å². The van der Waals surface area contributed by atoms with E-state index >= 15 is 0 Å². The lowest BCUT2D eigenvalue weighted by atomic mass is 10.1. The molecule has 0 aliphatic carbocycles. The van der Waals surface area contributed by atoms with Gasteiger partial charge in [-0.05, 0) is 29.1 Å². The topological polar surface area (TPSA) is 17.1 Å². The Labute approximate surface area is 95.3 Å². The van der Waals surface area contributed by atoms with Gasteiger partial charge in [-0.25, -0.2) is 0 Å². The summed E-state index contributed by atoms with van der Waals surface area (Å²) in [7, 11) is 0. The molecule has 0 saturated carbocycles. The summed E-state index contributed by atoms with van der Waals surface area (Å²) >= 11 is 13.2. The van der Waals surface area contributed by atoms with E-state index in [4.69, 9.17) is 23.2 Å². The lowest BCUT2D eigenvalue weighted by molar-refractivity contribution is 0.112. The molecule has 0 bridgehead atoms. The number of fused-ring (bicyclic) bond motifs is 1. The summed E-state index contributed by atoms with van der Waals surface area (Å²) in [4.78, 5) is 10.7. The fraction of sp³-hybridized carbons (Fsp3) is 0.100. The minimum absolute atomic E-state index is 0.332. The van der Waals surface area contributed by atoms with E-state index < -0.39 is 0 Å². The molecule has 0 saturated heterocycles. The second-order valence-corrected chi connectivity index (χ2v) is 4.83. The van der Waals surface area contributed by atoms with Crippen LogP contribution in [0.3, 0.4) is 0 Å². The van der Waals surface area contributed by atoms with Crippen molar-refractivity contribution in [3.05, 3.63) is 33.7 Å². The third-order valence-corrected chi connectivity index (χ3v) is 3.58. The molecule has 0 amide bonds. The van der Waals surface area contributed by atoms with Crippen LogP contribution in [-0.2, 0) is 5.88 Å². The van der Waals surface area contributed by atoms with Gasteiger partial charge in [-0.2, -0.15) is 0 Å². The third-order valence-electron chi connectivity index (χ3n) is 2.08. The number of rotatable bonds is 2. The predicted octanol–water partition coefficient (Wildman–Crippen LogP) is 4.11.